The van der Waals surface area contributed by atoms with E-state index in [0.717, 1.165) is 12.8 Å². The number of carbonyl (C=O) groups is 3. The molecule has 0 fully saturated rings. The van der Waals surface area contributed by atoms with Crippen molar-refractivity contribution in [3.8, 4) is 0 Å². The van der Waals surface area contributed by atoms with E-state index in [2.05, 4.69) is 10.6 Å². The Labute approximate surface area is 205 Å². The minimum atomic E-state index is -1.03. The van der Waals surface area contributed by atoms with Gasteiger partial charge in [-0.05, 0) is 50.6 Å². The van der Waals surface area contributed by atoms with Crippen molar-refractivity contribution in [1.82, 2.24) is 10.6 Å². The van der Waals surface area contributed by atoms with Crippen LogP contribution in [0, 0.1) is 0 Å². The third kappa shape index (κ3) is 8.43. The summed E-state index contributed by atoms with van der Waals surface area (Å²) in [6.45, 7) is 7.41. The Morgan fingerprint density at radius 1 is 1.12 bits per heavy atom. The first-order chi connectivity index (χ1) is 16.4. The van der Waals surface area contributed by atoms with Gasteiger partial charge >= 0.3 is 0 Å². The second-order valence-electron chi connectivity index (χ2n) is 7.58. The SMILES string of the molecule is CCCCNC(=O)C(CSCC(OCC)OCC)NC(=O)c1ccc(N2C(=O)C=CC2O)cc1. The molecular formula is C24H35N3O6S. The van der Waals surface area contributed by atoms with E-state index >= 15 is 0 Å². The van der Waals surface area contributed by atoms with Gasteiger partial charge in [0.25, 0.3) is 11.8 Å². The molecule has 1 aliphatic heterocycles. The Kier molecular flexibility index (Phi) is 12.1. The van der Waals surface area contributed by atoms with E-state index in [1.165, 1.54) is 28.8 Å². The maximum absolute atomic E-state index is 12.9. The van der Waals surface area contributed by atoms with Gasteiger partial charge in [0, 0.05) is 48.6 Å². The fourth-order valence-corrected chi connectivity index (χ4v) is 4.24. The quantitative estimate of drug-likeness (QED) is 0.253. The highest BCUT2D eigenvalue weighted by atomic mass is 32.2. The Balaban J connectivity index is 2.01. The van der Waals surface area contributed by atoms with Crippen LogP contribution >= 0.6 is 11.8 Å². The monoisotopic (exact) mass is 493 g/mol. The van der Waals surface area contributed by atoms with Gasteiger partial charge in [-0.2, -0.15) is 11.8 Å². The van der Waals surface area contributed by atoms with Gasteiger partial charge in [0.15, 0.2) is 12.5 Å². The van der Waals surface area contributed by atoms with Crippen LogP contribution in [0.3, 0.4) is 0 Å². The number of rotatable bonds is 15. The van der Waals surface area contributed by atoms with Crippen molar-refractivity contribution >= 4 is 35.2 Å². The second kappa shape index (κ2) is 14.8. The molecule has 2 unspecified atom stereocenters. The Bertz CT molecular complexity index is 827. The molecule has 0 spiro atoms. The van der Waals surface area contributed by atoms with E-state index in [-0.39, 0.29) is 18.1 Å². The fourth-order valence-electron chi connectivity index (χ4n) is 3.25. The lowest BCUT2D eigenvalue weighted by Crippen LogP contribution is -2.48. The first-order valence-electron chi connectivity index (χ1n) is 11.6. The van der Waals surface area contributed by atoms with Gasteiger partial charge in [-0.1, -0.05) is 13.3 Å². The summed E-state index contributed by atoms with van der Waals surface area (Å²) < 4.78 is 11.1. The summed E-state index contributed by atoms with van der Waals surface area (Å²) in [4.78, 5) is 38.7. The number of carbonyl (C=O) groups excluding carboxylic acids is 3. The van der Waals surface area contributed by atoms with Crippen LogP contribution in [0.5, 0.6) is 0 Å². The van der Waals surface area contributed by atoms with Gasteiger partial charge < -0.3 is 25.2 Å². The van der Waals surface area contributed by atoms with Crippen molar-refractivity contribution in [1.29, 1.82) is 0 Å². The number of aliphatic hydroxyl groups is 1. The predicted molar refractivity (Wildman–Crippen MR) is 133 cm³/mol. The first kappa shape index (κ1) is 27.8. The Morgan fingerprint density at radius 3 is 2.35 bits per heavy atom. The van der Waals surface area contributed by atoms with E-state index in [4.69, 9.17) is 9.47 Å². The number of nitrogens with zero attached hydrogens (tertiary/aromatic N) is 1. The van der Waals surface area contributed by atoms with Gasteiger partial charge in [-0.3, -0.25) is 19.3 Å². The third-order valence-electron chi connectivity index (χ3n) is 5.02. The average molecular weight is 494 g/mol. The van der Waals surface area contributed by atoms with E-state index in [1.807, 2.05) is 20.8 Å². The van der Waals surface area contributed by atoms with Crippen LogP contribution in [0.4, 0.5) is 5.69 Å². The molecule has 2 rings (SSSR count). The number of nitrogens with one attached hydrogen (secondary N) is 2. The predicted octanol–water partition coefficient (Wildman–Crippen LogP) is 2.05. The van der Waals surface area contributed by atoms with Gasteiger partial charge in [0.05, 0.1) is 0 Å². The molecule has 9 nitrogen and oxygen atoms in total. The maximum atomic E-state index is 12.9. The highest BCUT2D eigenvalue weighted by Gasteiger charge is 2.26. The number of benzene rings is 1. The van der Waals surface area contributed by atoms with Crippen LogP contribution in [0.2, 0.25) is 0 Å². The zero-order valence-electron chi connectivity index (χ0n) is 20.0. The molecule has 1 aromatic carbocycles. The molecule has 0 bridgehead atoms. The van der Waals surface area contributed by atoms with Gasteiger partial charge in [-0.15, -0.1) is 0 Å². The highest BCUT2D eigenvalue weighted by molar-refractivity contribution is 7.99. The summed E-state index contributed by atoms with van der Waals surface area (Å²) in [5.74, 6) is -0.0838. The summed E-state index contributed by atoms with van der Waals surface area (Å²) in [5.41, 5.74) is 0.817. The lowest BCUT2D eigenvalue weighted by Gasteiger charge is -2.22. The zero-order valence-corrected chi connectivity index (χ0v) is 20.8. The van der Waals surface area contributed by atoms with E-state index in [1.54, 1.807) is 24.3 Å². The number of hydrogen-bond acceptors (Lipinski definition) is 7. The molecule has 1 aromatic rings. The van der Waals surface area contributed by atoms with Crippen LogP contribution in [0.25, 0.3) is 0 Å². The van der Waals surface area contributed by atoms with Crippen LogP contribution in [-0.2, 0) is 19.1 Å². The van der Waals surface area contributed by atoms with E-state index in [9.17, 15) is 19.5 Å². The molecule has 0 aliphatic carbocycles. The first-order valence-corrected chi connectivity index (χ1v) is 12.8. The molecule has 0 aromatic heterocycles. The van der Waals surface area contributed by atoms with Gasteiger partial charge in [0.1, 0.15) is 6.04 Å². The molecular weight excluding hydrogens is 458 g/mol. The molecule has 3 N–H and O–H groups in total. The van der Waals surface area contributed by atoms with Gasteiger partial charge in [-0.25, -0.2) is 0 Å². The van der Waals surface area contributed by atoms with E-state index in [0.29, 0.717) is 42.5 Å². The van der Waals surface area contributed by atoms with Crippen LogP contribution < -0.4 is 15.5 Å². The summed E-state index contributed by atoms with van der Waals surface area (Å²) in [7, 11) is 0. The largest absolute Gasteiger partial charge is 0.369 e. The normalized spacial score (nSPS) is 16.2. The highest BCUT2D eigenvalue weighted by Crippen LogP contribution is 2.22. The molecule has 0 saturated carbocycles. The van der Waals surface area contributed by atoms with Crippen molar-refractivity contribution < 1.29 is 29.0 Å². The molecule has 0 radical (unpaired) electrons. The number of aliphatic hydroxyl groups excluding tert-OH is 1. The number of anilines is 1. The van der Waals surface area contributed by atoms with Crippen LogP contribution in [-0.4, -0.2) is 72.7 Å². The van der Waals surface area contributed by atoms with Crippen LogP contribution in [0.1, 0.15) is 44.0 Å². The molecule has 188 valence electrons. The van der Waals surface area contributed by atoms with Crippen molar-refractivity contribution in [3.05, 3.63) is 42.0 Å². The summed E-state index contributed by atoms with van der Waals surface area (Å²) in [6.07, 6.45) is 3.10. The Morgan fingerprint density at radius 2 is 1.79 bits per heavy atom. The summed E-state index contributed by atoms with van der Waals surface area (Å²) in [5, 5.41) is 15.6. The van der Waals surface area contributed by atoms with Crippen molar-refractivity contribution in [3.63, 3.8) is 0 Å². The summed E-state index contributed by atoms with van der Waals surface area (Å²) >= 11 is 1.47. The molecule has 2 atom stereocenters. The van der Waals surface area contributed by atoms with E-state index < -0.39 is 18.2 Å². The minimum absolute atomic E-state index is 0.243. The number of ether oxygens (including phenoxy) is 2. The van der Waals surface area contributed by atoms with Crippen molar-refractivity contribution in [2.75, 3.05) is 36.2 Å². The van der Waals surface area contributed by atoms with Crippen molar-refractivity contribution in [2.45, 2.75) is 52.2 Å². The molecule has 34 heavy (non-hydrogen) atoms. The van der Waals surface area contributed by atoms with Gasteiger partial charge in [0.2, 0.25) is 5.91 Å². The fraction of sp³-hybridized carbons (Fsp3) is 0.542. The lowest BCUT2D eigenvalue weighted by atomic mass is 10.1. The molecule has 3 amide bonds. The topological polar surface area (TPSA) is 117 Å². The second-order valence-corrected chi connectivity index (χ2v) is 8.65. The number of amides is 3. The average Bonchev–Trinajstić information content (AvgIpc) is 3.16. The number of thioether (sulfide) groups is 1. The molecule has 1 aliphatic rings. The third-order valence-corrected chi connectivity index (χ3v) is 6.09. The lowest BCUT2D eigenvalue weighted by molar-refractivity contribution is -0.122. The summed E-state index contributed by atoms with van der Waals surface area (Å²) in [6, 6.07) is 5.56. The molecule has 10 heteroatoms. The van der Waals surface area contributed by atoms with Crippen LogP contribution in [0.15, 0.2) is 36.4 Å². The molecule has 1 heterocycles. The number of hydrogen-bond donors (Lipinski definition) is 3. The standard InChI is InChI=1S/C24H35N3O6S/c1-4-7-14-25-24(31)19(15-34-16-22(32-5-2)33-6-3)26-23(30)17-8-10-18(11-9-17)27-20(28)12-13-21(27)29/h8-13,19-20,22,28H,4-7,14-16H2,1-3H3,(H,25,31)(H,26,30). The smallest absolute Gasteiger partial charge is 0.253 e. The minimum Gasteiger partial charge on any atom is -0.369 e. The van der Waals surface area contributed by atoms with Crippen molar-refractivity contribution in [2.24, 2.45) is 0 Å². The molecule has 0 saturated heterocycles. The zero-order chi connectivity index (χ0) is 24.9. The maximum Gasteiger partial charge on any atom is 0.253 e. The Hall–Kier alpha value is -2.40. The number of unbranched alkanes of at least 4 members (excludes halogenated alkanes) is 1.